The predicted octanol–water partition coefficient (Wildman–Crippen LogP) is 3.09. The van der Waals surface area contributed by atoms with Gasteiger partial charge >= 0.3 is 5.69 Å². The molecule has 2 aromatic rings. The summed E-state index contributed by atoms with van der Waals surface area (Å²) in [6, 6.07) is 4.91. The van der Waals surface area contributed by atoms with E-state index in [0.717, 1.165) is 0 Å². The van der Waals surface area contributed by atoms with Crippen molar-refractivity contribution in [1.82, 2.24) is 9.97 Å². The van der Waals surface area contributed by atoms with Crippen LogP contribution in [-0.2, 0) is 0 Å². The Kier molecular flexibility index (Phi) is 3.70. The van der Waals surface area contributed by atoms with E-state index in [0.29, 0.717) is 15.0 Å². The number of aryl methyl sites for hydroxylation is 1. The number of nitro benzene ring substituents is 1. The smallest absolute Gasteiger partial charge is 0.314 e. The third-order valence-corrected chi connectivity index (χ3v) is 2.96. The second-order valence-corrected chi connectivity index (χ2v) is 4.62. The molecule has 92 valence electrons. The molecular formula is C11H8IN3O3. The standard InChI is InChI=1S/C11H8IN3O3/c1-7-3-2-4-9(10(7)15(16)17)18-11-8(12)5-13-6-14-11/h2-6H,1H3. The third-order valence-electron chi connectivity index (χ3n) is 2.22. The van der Waals surface area contributed by atoms with Gasteiger partial charge in [0.15, 0.2) is 0 Å². The zero-order valence-corrected chi connectivity index (χ0v) is 11.5. The lowest BCUT2D eigenvalue weighted by molar-refractivity contribution is -0.386. The normalized spacial score (nSPS) is 10.1. The average Bonchev–Trinajstić information content (AvgIpc) is 2.31. The summed E-state index contributed by atoms with van der Waals surface area (Å²) in [6.07, 6.45) is 2.91. The molecule has 1 heterocycles. The monoisotopic (exact) mass is 357 g/mol. The summed E-state index contributed by atoms with van der Waals surface area (Å²) in [7, 11) is 0. The Labute approximate surface area is 116 Å². The van der Waals surface area contributed by atoms with E-state index in [-0.39, 0.29) is 11.4 Å². The maximum absolute atomic E-state index is 11.0. The molecule has 18 heavy (non-hydrogen) atoms. The lowest BCUT2D eigenvalue weighted by atomic mass is 10.2. The van der Waals surface area contributed by atoms with Gasteiger partial charge in [0.1, 0.15) is 6.33 Å². The number of rotatable bonds is 3. The summed E-state index contributed by atoms with van der Waals surface area (Å²) in [5.41, 5.74) is 0.494. The van der Waals surface area contributed by atoms with Crippen molar-refractivity contribution in [3.05, 3.63) is 50.0 Å². The van der Waals surface area contributed by atoms with Crippen molar-refractivity contribution in [3.8, 4) is 11.6 Å². The minimum atomic E-state index is -0.460. The van der Waals surface area contributed by atoms with Gasteiger partial charge in [-0.1, -0.05) is 12.1 Å². The first-order valence-electron chi connectivity index (χ1n) is 4.97. The van der Waals surface area contributed by atoms with Crippen LogP contribution in [0.1, 0.15) is 5.56 Å². The fourth-order valence-electron chi connectivity index (χ4n) is 1.43. The summed E-state index contributed by atoms with van der Waals surface area (Å²) in [5, 5.41) is 11.0. The molecule has 1 aromatic heterocycles. The number of nitrogens with zero attached hydrogens (tertiary/aromatic N) is 3. The van der Waals surface area contributed by atoms with Gasteiger partial charge in [0.05, 0.1) is 8.49 Å². The summed E-state index contributed by atoms with van der Waals surface area (Å²) in [6.45, 7) is 1.66. The topological polar surface area (TPSA) is 78.2 Å². The maximum Gasteiger partial charge on any atom is 0.314 e. The number of para-hydroxylation sites is 1. The number of aromatic nitrogens is 2. The van der Waals surface area contributed by atoms with Gasteiger partial charge < -0.3 is 4.74 Å². The van der Waals surface area contributed by atoms with Crippen LogP contribution in [0.5, 0.6) is 11.6 Å². The Balaban J connectivity index is 2.44. The summed E-state index contributed by atoms with van der Waals surface area (Å²) < 4.78 is 6.17. The highest BCUT2D eigenvalue weighted by molar-refractivity contribution is 14.1. The van der Waals surface area contributed by atoms with Crippen LogP contribution in [0.2, 0.25) is 0 Å². The molecule has 0 N–H and O–H groups in total. The molecule has 0 aliphatic heterocycles. The Morgan fingerprint density at radius 3 is 2.89 bits per heavy atom. The van der Waals surface area contributed by atoms with E-state index in [9.17, 15) is 10.1 Å². The molecule has 0 fully saturated rings. The highest BCUT2D eigenvalue weighted by Gasteiger charge is 2.19. The zero-order valence-electron chi connectivity index (χ0n) is 9.33. The molecule has 0 bridgehead atoms. The van der Waals surface area contributed by atoms with Gasteiger partial charge in [-0.3, -0.25) is 10.1 Å². The van der Waals surface area contributed by atoms with Crippen molar-refractivity contribution in [2.75, 3.05) is 0 Å². The van der Waals surface area contributed by atoms with Gasteiger partial charge in [-0.2, -0.15) is 0 Å². The van der Waals surface area contributed by atoms with Crippen LogP contribution >= 0.6 is 22.6 Å². The van der Waals surface area contributed by atoms with Crippen molar-refractivity contribution >= 4 is 28.3 Å². The minimum absolute atomic E-state index is 0.0492. The SMILES string of the molecule is Cc1cccc(Oc2ncncc2I)c1[N+](=O)[O-]. The zero-order chi connectivity index (χ0) is 13.1. The molecule has 0 aliphatic carbocycles. The molecule has 0 spiro atoms. The number of nitro groups is 1. The molecule has 0 aliphatic rings. The van der Waals surface area contributed by atoms with Crippen molar-refractivity contribution in [2.45, 2.75) is 6.92 Å². The summed E-state index contributed by atoms with van der Waals surface area (Å²) >= 11 is 2.01. The molecule has 0 saturated carbocycles. The number of hydrogen-bond acceptors (Lipinski definition) is 5. The Morgan fingerprint density at radius 2 is 2.22 bits per heavy atom. The molecule has 0 saturated heterocycles. The van der Waals surface area contributed by atoms with Crippen LogP contribution in [0, 0.1) is 20.6 Å². The summed E-state index contributed by atoms with van der Waals surface area (Å²) in [5.74, 6) is 0.482. The van der Waals surface area contributed by atoms with E-state index in [1.54, 1.807) is 31.3 Å². The molecule has 1 aromatic carbocycles. The van der Waals surface area contributed by atoms with Gasteiger partial charge in [0.2, 0.25) is 11.6 Å². The second kappa shape index (κ2) is 5.25. The first-order chi connectivity index (χ1) is 8.59. The maximum atomic E-state index is 11.0. The molecule has 6 nitrogen and oxygen atoms in total. The second-order valence-electron chi connectivity index (χ2n) is 3.46. The van der Waals surface area contributed by atoms with Crippen LogP contribution in [0.4, 0.5) is 5.69 Å². The van der Waals surface area contributed by atoms with Crippen molar-refractivity contribution in [3.63, 3.8) is 0 Å². The van der Waals surface area contributed by atoms with Gasteiger partial charge in [-0.15, -0.1) is 0 Å². The lowest BCUT2D eigenvalue weighted by Crippen LogP contribution is -1.98. The molecule has 0 radical (unpaired) electrons. The van der Waals surface area contributed by atoms with Crippen LogP contribution < -0.4 is 4.74 Å². The first kappa shape index (κ1) is 12.7. The predicted molar refractivity (Wildman–Crippen MR) is 72.7 cm³/mol. The van der Waals surface area contributed by atoms with Crippen molar-refractivity contribution in [1.29, 1.82) is 0 Å². The first-order valence-corrected chi connectivity index (χ1v) is 6.05. The Morgan fingerprint density at radius 1 is 1.44 bits per heavy atom. The lowest BCUT2D eigenvalue weighted by Gasteiger charge is -2.07. The Hall–Kier alpha value is -1.77. The molecular weight excluding hydrogens is 349 g/mol. The van der Waals surface area contributed by atoms with Gasteiger partial charge in [-0.05, 0) is 35.6 Å². The Bertz CT molecular complexity index is 604. The molecule has 0 amide bonds. The van der Waals surface area contributed by atoms with Crippen molar-refractivity contribution in [2.24, 2.45) is 0 Å². The van der Waals surface area contributed by atoms with Gasteiger partial charge in [0, 0.05) is 11.8 Å². The van der Waals surface area contributed by atoms with E-state index in [4.69, 9.17) is 4.74 Å². The minimum Gasteiger partial charge on any atom is -0.431 e. The fraction of sp³-hybridized carbons (Fsp3) is 0.0909. The van der Waals surface area contributed by atoms with E-state index in [2.05, 4.69) is 9.97 Å². The molecule has 7 heteroatoms. The third kappa shape index (κ3) is 2.55. The average molecular weight is 357 g/mol. The van der Waals surface area contributed by atoms with Crippen LogP contribution in [0.25, 0.3) is 0 Å². The largest absolute Gasteiger partial charge is 0.431 e. The number of ether oxygens (including phenoxy) is 1. The van der Waals surface area contributed by atoms with Crippen LogP contribution in [0.15, 0.2) is 30.7 Å². The number of halogens is 1. The van der Waals surface area contributed by atoms with E-state index < -0.39 is 4.92 Å². The molecule has 2 rings (SSSR count). The summed E-state index contributed by atoms with van der Waals surface area (Å²) in [4.78, 5) is 18.3. The highest BCUT2D eigenvalue weighted by atomic mass is 127. The van der Waals surface area contributed by atoms with E-state index in [1.807, 2.05) is 22.6 Å². The van der Waals surface area contributed by atoms with E-state index in [1.165, 1.54) is 6.33 Å². The highest BCUT2D eigenvalue weighted by Crippen LogP contribution is 2.34. The molecule has 0 unspecified atom stereocenters. The number of hydrogen-bond donors (Lipinski definition) is 0. The van der Waals surface area contributed by atoms with Crippen LogP contribution in [0.3, 0.4) is 0 Å². The van der Waals surface area contributed by atoms with Gasteiger partial charge in [-0.25, -0.2) is 9.97 Å². The van der Waals surface area contributed by atoms with Gasteiger partial charge in [0.25, 0.3) is 0 Å². The van der Waals surface area contributed by atoms with E-state index >= 15 is 0 Å². The quantitative estimate of drug-likeness (QED) is 0.479. The van der Waals surface area contributed by atoms with Crippen molar-refractivity contribution < 1.29 is 9.66 Å². The number of benzene rings is 1. The van der Waals surface area contributed by atoms with Crippen LogP contribution in [-0.4, -0.2) is 14.9 Å². The molecule has 0 atom stereocenters. The fourth-order valence-corrected chi connectivity index (χ4v) is 1.84.